The van der Waals surface area contributed by atoms with Gasteiger partial charge in [-0.05, 0) is 48.0 Å². The molecule has 0 radical (unpaired) electrons. The third-order valence-corrected chi connectivity index (χ3v) is 3.52. The Morgan fingerprint density at radius 2 is 2.13 bits per heavy atom. The predicted octanol–water partition coefficient (Wildman–Crippen LogP) is 2.96. The summed E-state index contributed by atoms with van der Waals surface area (Å²) in [5, 5.41) is 3.44. The van der Waals surface area contributed by atoms with E-state index >= 15 is 0 Å². The van der Waals surface area contributed by atoms with Gasteiger partial charge in [0.15, 0.2) is 0 Å². The van der Waals surface area contributed by atoms with Crippen LogP contribution in [0.1, 0.15) is 12.8 Å². The molecule has 0 spiro atoms. The molecule has 1 aliphatic carbocycles. The first kappa shape index (κ1) is 11.0. The van der Waals surface area contributed by atoms with Gasteiger partial charge in [0.25, 0.3) is 0 Å². The molecule has 1 N–H and O–H groups in total. The Bertz CT molecular complexity index is 323. The van der Waals surface area contributed by atoms with Gasteiger partial charge >= 0.3 is 0 Å². The Hall–Kier alpha value is -0.540. The summed E-state index contributed by atoms with van der Waals surface area (Å²) in [6, 6.07) is 9.10. The summed E-state index contributed by atoms with van der Waals surface area (Å²) in [7, 11) is 2.21. The molecular formula is C12H17BrN2. The molecular weight excluding hydrogens is 252 g/mol. The van der Waals surface area contributed by atoms with Gasteiger partial charge in [0, 0.05) is 29.3 Å². The summed E-state index contributed by atoms with van der Waals surface area (Å²) >= 11 is 3.53. The molecule has 0 saturated heterocycles. The van der Waals surface area contributed by atoms with Crippen LogP contribution in [0.3, 0.4) is 0 Å². The van der Waals surface area contributed by atoms with Crippen LogP contribution in [-0.4, -0.2) is 31.1 Å². The fourth-order valence-electron chi connectivity index (χ4n) is 1.67. The van der Waals surface area contributed by atoms with Crippen molar-refractivity contribution >= 4 is 21.6 Å². The SMILES string of the molecule is CN(CCNc1ccccc1Br)C1CC1. The summed E-state index contributed by atoms with van der Waals surface area (Å²) in [5.74, 6) is 0. The second-order valence-electron chi connectivity index (χ2n) is 4.12. The number of anilines is 1. The number of hydrogen-bond donors (Lipinski definition) is 1. The molecule has 15 heavy (non-hydrogen) atoms. The average molecular weight is 269 g/mol. The number of nitrogens with zero attached hydrogens (tertiary/aromatic N) is 1. The Kier molecular flexibility index (Phi) is 3.65. The lowest BCUT2D eigenvalue weighted by atomic mass is 10.3. The second-order valence-corrected chi connectivity index (χ2v) is 4.97. The standard InChI is InChI=1S/C12H17BrN2/c1-15(10-6-7-10)9-8-14-12-5-3-2-4-11(12)13/h2-5,10,14H,6-9H2,1H3. The van der Waals surface area contributed by atoms with Crippen LogP contribution < -0.4 is 5.32 Å². The van der Waals surface area contributed by atoms with Crippen molar-refractivity contribution in [3.8, 4) is 0 Å². The van der Waals surface area contributed by atoms with Gasteiger partial charge < -0.3 is 10.2 Å². The largest absolute Gasteiger partial charge is 0.383 e. The fourth-order valence-corrected chi connectivity index (χ4v) is 2.09. The number of nitrogens with one attached hydrogen (secondary N) is 1. The van der Waals surface area contributed by atoms with Crippen molar-refractivity contribution in [3.05, 3.63) is 28.7 Å². The minimum absolute atomic E-state index is 0.853. The summed E-state index contributed by atoms with van der Waals surface area (Å²) < 4.78 is 1.14. The zero-order valence-corrected chi connectivity index (χ0v) is 10.6. The maximum absolute atomic E-state index is 3.53. The maximum atomic E-state index is 3.53. The summed E-state index contributed by atoms with van der Waals surface area (Å²) in [6.07, 6.45) is 2.76. The van der Waals surface area contributed by atoms with Crippen LogP contribution in [0.25, 0.3) is 0 Å². The van der Waals surface area contributed by atoms with Crippen LogP contribution in [0.15, 0.2) is 28.7 Å². The average Bonchev–Trinajstić information content (AvgIpc) is 3.04. The van der Waals surface area contributed by atoms with Gasteiger partial charge in [0.1, 0.15) is 0 Å². The molecule has 1 aromatic rings. The first-order chi connectivity index (χ1) is 7.27. The lowest BCUT2D eigenvalue weighted by molar-refractivity contribution is 0.337. The molecule has 0 amide bonds. The summed E-state index contributed by atoms with van der Waals surface area (Å²) in [4.78, 5) is 2.43. The third kappa shape index (κ3) is 3.21. The van der Waals surface area contributed by atoms with Gasteiger partial charge in [-0.25, -0.2) is 0 Å². The van der Waals surface area contributed by atoms with Crippen LogP contribution in [0, 0.1) is 0 Å². The second kappa shape index (κ2) is 4.99. The highest BCUT2D eigenvalue weighted by atomic mass is 79.9. The predicted molar refractivity (Wildman–Crippen MR) is 68.3 cm³/mol. The summed E-state index contributed by atoms with van der Waals surface area (Å²) in [5.41, 5.74) is 1.18. The van der Waals surface area contributed by atoms with E-state index in [9.17, 15) is 0 Å². The Labute approximate surface area is 99.8 Å². The van der Waals surface area contributed by atoms with Gasteiger partial charge in [-0.15, -0.1) is 0 Å². The van der Waals surface area contributed by atoms with E-state index in [1.54, 1.807) is 0 Å². The van der Waals surface area contributed by atoms with E-state index in [4.69, 9.17) is 0 Å². The lowest BCUT2D eigenvalue weighted by Crippen LogP contribution is -2.27. The van der Waals surface area contributed by atoms with Crippen LogP contribution in [0.4, 0.5) is 5.69 Å². The van der Waals surface area contributed by atoms with E-state index < -0.39 is 0 Å². The molecule has 82 valence electrons. The molecule has 0 unspecified atom stereocenters. The monoisotopic (exact) mass is 268 g/mol. The minimum Gasteiger partial charge on any atom is -0.383 e. The molecule has 2 rings (SSSR count). The van der Waals surface area contributed by atoms with E-state index in [1.165, 1.54) is 18.5 Å². The number of para-hydroxylation sites is 1. The van der Waals surface area contributed by atoms with Crippen molar-refractivity contribution in [1.82, 2.24) is 4.90 Å². The summed E-state index contributed by atoms with van der Waals surface area (Å²) in [6.45, 7) is 2.13. The smallest absolute Gasteiger partial charge is 0.0485 e. The topological polar surface area (TPSA) is 15.3 Å². The molecule has 3 heteroatoms. The van der Waals surface area contributed by atoms with Crippen molar-refractivity contribution in [2.24, 2.45) is 0 Å². The molecule has 1 saturated carbocycles. The normalized spacial score (nSPS) is 15.7. The quantitative estimate of drug-likeness (QED) is 0.884. The Balaban J connectivity index is 1.75. The third-order valence-electron chi connectivity index (χ3n) is 2.82. The molecule has 1 aromatic carbocycles. The van der Waals surface area contributed by atoms with E-state index in [0.29, 0.717) is 0 Å². The van der Waals surface area contributed by atoms with Gasteiger partial charge in [-0.3, -0.25) is 0 Å². The molecule has 0 heterocycles. The molecule has 1 fully saturated rings. The van der Waals surface area contributed by atoms with E-state index in [1.807, 2.05) is 6.07 Å². The van der Waals surface area contributed by atoms with Crippen molar-refractivity contribution in [2.75, 3.05) is 25.5 Å². The van der Waals surface area contributed by atoms with Gasteiger partial charge in [0.2, 0.25) is 0 Å². The number of likely N-dealkylation sites (N-methyl/N-ethyl adjacent to an activating group) is 1. The van der Waals surface area contributed by atoms with Gasteiger partial charge in [-0.1, -0.05) is 12.1 Å². The van der Waals surface area contributed by atoms with E-state index in [2.05, 4.69) is 51.4 Å². The van der Waals surface area contributed by atoms with Gasteiger partial charge in [0.05, 0.1) is 0 Å². The molecule has 0 aliphatic heterocycles. The van der Waals surface area contributed by atoms with Gasteiger partial charge in [-0.2, -0.15) is 0 Å². The molecule has 0 aromatic heterocycles. The zero-order chi connectivity index (χ0) is 10.7. The minimum atomic E-state index is 0.853. The highest BCUT2D eigenvalue weighted by molar-refractivity contribution is 9.10. The van der Waals surface area contributed by atoms with Crippen molar-refractivity contribution < 1.29 is 0 Å². The Morgan fingerprint density at radius 1 is 1.40 bits per heavy atom. The highest BCUT2D eigenvalue weighted by Crippen LogP contribution is 2.25. The van der Waals surface area contributed by atoms with E-state index in [0.717, 1.165) is 23.6 Å². The number of benzene rings is 1. The first-order valence-corrected chi connectivity index (χ1v) is 6.25. The highest BCUT2D eigenvalue weighted by Gasteiger charge is 2.25. The van der Waals surface area contributed by atoms with Crippen molar-refractivity contribution in [2.45, 2.75) is 18.9 Å². The first-order valence-electron chi connectivity index (χ1n) is 5.46. The van der Waals surface area contributed by atoms with Crippen LogP contribution >= 0.6 is 15.9 Å². The number of hydrogen-bond acceptors (Lipinski definition) is 2. The molecule has 1 aliphatic rings. The van der Waals surface area contributed by atoms with Crippen LogP contribution in [-0.2, 0) is 0 Å². The number of rotatable bonds is 5. The molecule has 0 bridgehead atoms. The Morgan fingerprint density at radius 3 is 2.80 bits per heavy atom. The van der Waals surface area contributed by atoms with Crippen LogP contribution in [0.2, 0.25) is 0 Å². The maximum Gasteiger partial charge on any atom is 0.0485 e. The zero-order valence-electron chi connectivity index (χ0n) is 9.04. The lowest BCUT2D eigenvalue weighted by Gasteiger charge is -2.16. The van der Waals surface area contributed by atoms with E-state index in [-0.39, 0.29) is 0 Å². The van der Waals surface area contributed by atoms with Crippen molar-refractivity contribution in [3.63, 3.8) is 0 Å². The molecule has 0 atom stereocenters. The number of halogens is 1. The van der Waals surface area contributed by atoms with Crippen molar-refractivity contribution in [1.29, 1.82) is 0 Å². The van der Waals surface area contributed by atoms with Crippen LogP contribution in [0.5, 0.6) is 0 Å². The fraction of sp³-hybridized carbons (Fsp3) is 0.500. The molecule has 2 nitrogen and oxygen atoms in total.